The topological polar surface area (TPSA) is 39.2 Å². The summed E-state index contributed by atoms with van der Waals surface area (Å²) >= 11 is 0. The summed E-state index contributed by atoms with van der Waals surface area (Å²) in [7, 11) is 0. The first-order chi connectivity index (χ1) is 17.4. The lowest BCUT2D eigenvalue weighted by Gasteiger charge is -2.36. The zero-order chi connectivity index (χ0) is 25.2. The Balaban J connectivity index is 1.33. The van der Waals surface area contributed by atoms with Crippen LogP contribution >= 0.6 is 0 Å². The smallest absolute Gasteiger partial charge is 0.257 e. The number of benzene rings is 3. The number of aryl methyl sites for hydroxylation is 2. The van der Waals surface area contributed by atoms with Gasteiger partial charge in [-0.25, -0.2) is 13.8 Å². The van der Waals surface area contributed by atoms with Gasteiger partial charge < -0.3 is 4.90 Å². The molecule has 36 heavy (non-hydrogen) atoms. The number of amides is 1. The van der Waals surface area contributed by atoms with Crippen molar-refractivity contribution in [3.05, 3.63) is 101 Å². The molecule has 0 aliphatic carbocycles. The molecule has 2 aliphatic rings. The fourth-order valence-corrected chi connectivity index (χ4v) is 5.13. The summed E-state index contributed by atoms with van der Waals surface area (Å²) in [6.07, 6.45) is 0.528. The van der Waals surface area contributed by atoms with E-state index in [0.29, 0.717) is 38.3 Å². The van der Waals surface area contributed by atoms with Crippen molar-refractivity contribution in [1.29, 1.82) is 0 Å². The Hall–Kier alpha value is -3.58. The average Bonchev–Trinajstić information content (AvgIpc) is 3.30. The molecule has 2 aliphatic heterocycles. The first-order valence-corrected chi connectivity index (χ1v) is 12.3. The van der Waals surface area contributed by atoms with E-state index >= 15 is 0 Å². The average molecular weight is 489 g/mol. The van der Waals surface area contributed by atoms with Crippen LogP contribution in [0, 0.1) is 25.5 Å². The standard InChI is InChI=1S/C29H30F2N4O/c1-20-10-11-24(21(2)16-20)26-18-28(22-6-5-7-23(30)17-22)35(32-26)29(36)19-33-12-14-34(15-13-33)27-9-4-3-8-25(27)31/h3-11,16-17,28H,12-15,18-19H2,1-2H3/t28-/m1/s1. The number of carbonyl (C=O) groups is 1. The molecule has 0 bridgehead atoms. The highest BCUT2D eigenvalue weighted by atomic mass is 19.1. The molecule has 186 valence electrons. The minimum atomic E-state index is -0.358. The SMILES string of the molecule is Cc1ccc(C2=NN(C(=O)CN3CCN(c4ccccc4F)CC3)[C@@H](c3cccc(F)c3)C2)c(C)c1. The second-order valence-corrected chi connectivity index (χ2v) is 9.59. The minimum absolute atomic E-state index is 0.122. The second kappa shape index (κ2) is 10.2. The number of hydrazone groups is 1. The Kier molecular flexibility index (Phi) is 6.83. The van der Waals surface area contributed by atoms with Crippen LogP contribution in [0.4, 0.5) is 14.5 Å². The van der Waals surface area contributed by atoms with E-state index in [2.05, 4.69) is 11.0 Å². The zero-order valence-electron chi connectivity index (χ0n) is 20.6. The van der Waals surface area contributed by atoms with Gasteiger partial charge in [0.05, 0.1) is 24.0 Å². The van der Waals surface area contributed by atoms with Gasteiger partial charge in [-0.3, -0.25) is 9.69 Å². The molecular weight excluding hydrogens is 458 g/mol. The lowest BCUT2D eigenvalue weighted by molar-refractivity contribution is -0.134. The van der Waals surface area contributed by atoms with Crippen LogP contribution in [-0.2, 0) is 4.79 Å². The highest BCUT2D eigenvalue weighted by Gasteiger charge is 2.34. The van der Waals surface area contributed by atoms with Crippen molar-refractivity contribution in [1.82, 2.24) is 9.91 Å². The maximum atomic E-state index is 14.2. The number of hydrogen-bond acceptors (Lipinski definition) is 4. The van der Waals surface area contributed by atoms with Gasteiger partial charge in [0, 0.05) is 38.2 Å². The number of carbonyl (C=O) groups excluding carboxylic acids is 1. The molecule has 1 amide bonds. The maximum Gasteiger partial charge on any atom is 0.257 e. The van der Waals surface area contributed by atoms with E-state index in [0.717, 1.165) is 22.4 Å². The number of rotatable bonds is 5. The zero-order valence-corrected chi connectivity index (χ0v) is 20.6. The molecule has 1 saturated heterocycles. The molecule has 0 spiro atoms. The van der Waals surface area contributed by atoms with Crippen molar-refractivity contribution in [2.24, 2.45) is 5.10 Å². The third-order valence-electron chi connectivity index (χ3n) is 7.02. The summed E-state index contributed by atoms with van der Waals surface area (Å²) in [4.78, 5) is 17.6. The second-order valence-electron chi connectivity index (χ2n) is 9.59. The Bertz CT molecular complexity index is 1300. The van der Waals surface area contributed by atoms with E-state index in [1.165, 1.54) is 28.8 Å². The molecule has 7 heteroatoms. The van der Waals surface area contributed by atoms with Crippen LogP contribution in [0.15, 0.2) is 71.8 Å². The Labute approximate surface area is 210 Å². The fourth-order valence-electron chi connectivity index (χ4n) is 5.13. The van der Waals surface area contributed by atoms with Gasteiger partial charge in [-0.2, -0.15) is 5.10 Å². The number of piperazine rings is 1. The van der Waals surface area contributed by atoms with Crippen molar-refractivity contribution in [2.75, 3.05) is 37.6 Å². The predicted octanol–water partition coefficient (Wildman–Crippen LogP) is 5.08. The molecule has 1 atom stereocenters. The van der Waals surface area contributed by atoms with Crippen LogP contribution in [0.2, 0.25) is 0 Å². The van der Waals surface area contributed by atoms with Gasteiger partial charge in [-0.05, 0) is 49.2 Å². The van der Waals surface area contributed by atoms with Gasteiger partial charge in [0.25, 0.3) is 5.91 Å². The third kappa shape index (κ3) is 5.02. The Morgan fingerprint density at radius 3 is 2.44 bits per heavy atom. The summed E-state index contributed by atoms with van der Waals surface area (Å²) in [6.45, 7) is 6.86. The summed E-state index contributed by atoms with van der Waals surface area (Å²) in [6, 6.07) is 19.0. The molecule has 0 saturated carbocycles. The summed E-state index contributed by atoms with van der Waals surface area (Å²) in [5.74, 6) is -0.683. The lowest BCUT2D eigenvalue weighted by Crippen LogP contribution is -2.49. The summed E-state index contributed by atoms with van der Waals surface area (Å²) in [5.41, 5.74) is 5.44. The molecule has 5 nitrogen and oxygen atoms in total. The minimum Gasteiger partial charge on any atom is -0.367 e. The molecule has 3 aromatic rings. The predicted molar refractivity (Wildman–Crippen MR) is 138 cm³/mol. The van der Waals surface area contributed by atoms with E-state index in [1.54, 1.807) is 18.2 Å². The van der Waals surface area contributed by atoms with Crippen molar-refractivity contribution < 1.29 is 13.6 Å². The van der Waals surface area contributed by atoms with Gasteiger partial charge in [0.2, 0.25) is 0 Å². The van der Waals surface area contributed by atoms with Crippen LogP contribution < -0.4 is 4.90 Å². The van der Waals surface area contributed by atoms with Crippen LogP contribution in [0.3, 0.4) is 0 Å². The Morgan fingerprint density at radius 1 is 0.944 bits per heavy atom. The highest BCUT2D eigenvalue weighted by molar-refractivity contribution is 6.04. The quantitative estimate of drug-likeness (QED) is 0.503. The van der Waals surface area contributed by atoms with E-state index in [1.807, 2.05) is 43.0 Å². The van der Waals surface area contributed by atoms with Gasteiger partial charge in [0.15, 0.2) is 0 Å². The molecule has 2 heterocycles. The van der Waals surface area contributed by atoms with E-state index in [-0.39, 0.29) is 30.1 Å². The molecular formula is C29H30F2N4O. The lowest BCUT2D eigenvalue weighted by atomic mass is 9.95. The first kappa shape index (κ1) is 24.1. The van der Waals surface area contributed by atoms with E-state index in [4.69, 9.17) is 5.10 Å². The summed E-state index contributed by atoms with van der Waals surface area (Å²) < 4.78 is 28.3. The van der Waals surface area contributed by atoms with Crippen molar-refractivity contribution in [2.45, 2.75) is 26.3 Å². The first-order valence-electron chi connectivity index (χ1n) is 12.3. The van der Waals surface area contributed by atoms with Crippen LogP contribution in [0.5, 0.6) is 0 Å². The van der Waals surface area contributed by atoms with Crippen molar-refractivity contribution >= 4 is 17.3 Å². The van der Waals surface area contributed by atoms with E-state index < -0.39 is 0 Å². The van der Waals surface area contributed by atoms with E-state index in [9.17, 15) is 13.6 Å². The monoisotopic (exact) mass is 488 g/mol. The fraction of sp³-hybridized carbons (Fsp3) is 0.310. The third-order valence-corrected chi connectivity index (χ3v) is 7.02. The molecule has 3 aromatic carbocycles. The number of anilines is 1. The molecule has 5 rings (SSSR count). The molecule has 0 N–H and O–H groups in total. The highest BCUT2D eigenvalue weighted by Crippen LogP contribution is 2.34. The van der Waals surface area contributed by atoms with Gasteiger partial charge in [-0.1, -0.05) is 48.0 Å². The van der Waals surface area contributed by atoms with Crippen LogP contribution in [-0.4, -0.2) is 54.3 Å². The molecule has 1 fully saturated rings. The number of halogens is 2. The number of hydrogen-bond donors (Lipinski definition) is 0. The summed E-state index contributed by atoms with van der Waals surface area (Å²) in [5, 5.41) is 6.30. The van der Waals surface area contributed by atoms with Crippen LogP contribution in [0.25, 0.3) is 0 Å². The molecule has 0 unspecified atom stereocenters. The van der Waals surface area contributed by atoms with Crippen LogP contribution in [0.1, 0.15) is 34.7 Å². The molecule has 0 radical (unpaired) electrons. The van der Waals surface area contributed by atoms with Crippen molar-refractivity contribution in [3.63, 3.8) is 0 Å². The Morgan fingerprint density at radius 2 is 1.72 bits per heavy atom. The largest absolute Gasteiger partial charge is 0.367 e. The molecule has 0 aromatic heterocycles. The van der Waals surface area contributed by atoms with Crippen molar-refractivity contribution in [3.8, 4) is 0 Å². The number of para-hydroxylation sites is 1. The van der Waals surface area contributed by atoms with Gasteiger partial charge >= 0.3 is 0 Å². The maximum absolute atomic E-state index is 14.2. The van der Waals surface area contributed by atoms with Gasteiger partial charge in [-0.15, -0.1) is 0 Å². The van der Waals surface area contributed by atoms with Gasteiger partial charge in [0.1, 0.15) is 11.6 Å². The number of nitrogens with zero attached hydrogens (tertiary/aromatic N) is 4. The normalized spacial score (nSPS) is 18.4.